The van der Waals surface area contributed by atoms with Gasteiger partial charge in [-0.2, -0.15) is 9.97 Å². The van der Waals surface area contributed by atoms with E-state index in [1.807, 2.05) is 6.07 Å². The van der Waals surface area contributed by atoms with E-state index in [0.29, 0.717) is 6.04 Å². The summed E-state index contributed by atoms with van der Waals surface area (Å²) < 4.78 is 0. The first-order chi connectivity index (χ1) is 12.6. The minimum absolute atomic E-state index is 0.183. The van der Waals surface area contributed by atoms with Crippen molar-refractivity contribution in [3.63, 3.8) is 0 Å². The number of nitrogens with two attached hydrogens (primary N) is 2. The number of nitrogens with zero attached hydrogens (tertiary/aromatic N) is 4. The van der Waals surface area contributed by atoms with Crippen LogP contribution in [0.15, 0.2) is 6.07 Å². The van der Waals surface area contributed by atoms with E-state index in [1.165, 1.54) is 19.3 Å². The highest BCUT2D eigenvalue weighted by molar-refractivity contribution is 5.85. The lowest BCUT2D eigenvalue weighted by Gasteiger charge is -2.48. The minimum Gasteiger partial charge on any atom is -0.368 e. The molecule has 0 unspecified atom stereocenters. The number of rotatable bonds is 5. The van der Waals surface area contributed by atoms with Gasteiger partial charge in [0.15, 0.2) is 0 Å². The summed E-state index contributed by atoms with van der Waals surface area (Å²) in [5.74, 6) is 1.72. The Kier molecular flexibility index (Phi) is 4.60. The maximum atomic E-state index is 12.4. The molecule has 0 aromatic carbocycles. The molecule has 5 N–H and O–H groups in total. The van der Waals surface area contributed by atoms with Crippen molar-refractivity contribution in [3.8, 4) is 0 Å². The fourth-order valence-corrected chi connectivity index (χ4v) is 4.27. The molecule has 1 aromatic heterocycles. The third kappa shape index (κ3) is 3.42. The summed E-state index contributed by atoms with van der Waals surface area (Å²) in [5.41, 5.74) is 11.3. The third-order valence-corrected chi connectivity index (χ3v) is 5.99. The van der Waals surface area contributed by atoms with Crippen molar-refractivity contribution in [1.82, 2.24) is 14.9 Å². The normalized spacial score (nSPS) is 23.6. The van der Waals surface area contributed by atoms with Crippen molar-refractivity contribution in [2.75, 3.05) is 42.1 Å². The molecule has 1 aromatic rings. The summed E-state index contributed by atoms with van der Waals surface area (Å²) in [6.45, 7) is 3.44. The number of primary amides is 1. The van der Waals surface area contributed by atoms with E-state index in [9.17, 15) is 4.79 Å². The zero-order valence-electron chi connectivity index (χ0n) is 15.3. The zero-order valence-corrected chi connectivity index (χ0v) is 15.3. The lowest BCUT2D eigenvalue weighted by Crippen LogP contribution is -2.63. The second-order valence-electron chi connectivity index (χ2n) is 7.82. The highest BCUT2D eigenvalue weighted by Gasteiger charge is 2.45. The van der Waals surface area contributed by atoms with Gasteiger partial charge in [0.2, 0.25) is 11.9 Å². The van der Waals surface area contributed by atoms with E-state index in [4.69, 9.17) is 11.5 Å². The molecule has 0 radical (unpaired) electrons. The molecule has 3 aliphatic rings. The topological polar surface area (TPSA) is 113 Å². The number of carbonyl (C=O) groups excluding carboxylic acids is 1. The van der Waals surface area contributed by atoms with Gasteiger partial charge >= 0.3 is 0 Å². The number of anilines is 3. The smallest absolute Gasteiger partial charge is 0.238 e. The molecule has 8 nitrogen and oxygen atoms in total. The van der Waals surface area contributed by atoms with E-state index in [2.05, 4.69) is 25.1 Å². The van der Waals surface area contributed by atoms with E-state index >= 15 is 0 Å². The standard InChI is InChI=1S/C18H29N7O/c19-16(26)18(25-8-2-1-3-9-25)6-10-24(11-7-18)15-12-14(21-13-4-5-13)22-17(20)23-15/h12-13H,1-11H2,(H2,19,26)(H3,20,21,22,23). The minimum atomic E-state index is -0.509. The summed E-state index contributed by atoms with van der Waals surface area (Å²) in [6.07, 6.45) is 7.37. The second-order valence-corrected chi connectivity index (χ2v) is 7.82. The van der Waals surface area contributed by atoms with Crippen LogP contribution in [0.1, 0.15) is 44.9 Å². The Morgan fingerprint density at radius 1 is 1.12 bits per heavy atom. The molecule has 1 aliphatic carbocycles. The van der Waals surface area contributed by atoms with Gasteiger partial charge in [0.05, 0.1) is 0 Å². The average molecular weight is 359 g/mol. The fourth-order valence-electron chi connectivity index (χ4n) is 4.27. The van der Waals surface area contributed by atoms with Crippen LogP contribution < -0.4 is 21.7 Å². The second kappa shape index (κ2) is 6.90. The Hall–Kier alpha value is -2.09. The molecule has 3 fully saturated rings. The highest BCUT2D eigenvalue weighted by Crippen LogP contribution is 2.34. The molecule has 142 valence electrons. The lowest BCUT2D eigenvalue weighted by atomic mass is 9.83. The zero-order chi connectivity index (χ0) is 18.1. The monoisotopic (exact) mass is 359 g/mol. The van der Waals surface area contributed by atoms with Gasteiger partial charge in [-0.15, -0.1) is 0 Å². The summed E-state index contributed by atoms with van der Waals surface area (Å²) >= 11 is 0. The fraction of sp³-hybridized carbons (Fsp3) is 0.722. The molecule has 0 atom stereocenters. The molecule has 2 saturated heterocycles. The van der Waals surface area contributed by atoms with Crippen LogP contribution in [0.4, 0.5) is 17.6 Å². The van der Waals surface area contributed by atoms with E-state index in [1.54, 1.807) is 0 Å². The van der Waals surface area contributed by atoms with Crippen molar-refractivity contribution >= 4 is 23.5 Å². The molecular weight excluding hydrogens is 330 g/mol. The van der Waals surface area contributed by atoms with Gasteiger partial charge in [0.25, 0.3) is 0 Å². The Balaban J connectivity index is 1.48. The maximum absolute atomic E-state index is 12.4. The first-order valence-electron chi connectivity index (χ1n) is 9.78. The molecule has 1 saturated carbocycles. The molecule has 26 heavy (non-hydrogen) atoms. The predicted octanol–water partition coefficient (Wildman–Crippen LogP) is 0.943. The molecular formula is C18H29N7O. The first-order valence-corrected chi connectivity index (χ1v) is 9.78. The van der Waals surface area contributed by atoms with Crippen molar-refractivity contribution < 1.29 is 4.79 Å². The van der Waals surface area contributed by atoms with E-state index < -0.39 is 5.54 Å². The predicted molar refractivity (Wildman–Crippen MR) is 102 cm³/mol. The highest BCUT2D eigenvalue weighted by atomic mass is 16.1. The van der Waals surface area contributed by atoms with Crippen molar-refractivity contribution in [2.45, 2.75) is 56.5 Å². The van der Waals surface area contributed by atoms with Crippen LogP contribution in [-0.2, 0) is 4.79 Å². The SMILES string of the molecule is NC(=O)C1(N2CCCCC2)CCN(c2cc(NC3CC3)nc(N)n2)CC1. The third-order valence-electron chi connectivity index (χ3n) is 5.99. The molecule has 8 heteroatoms. The molecule has 0 spiro atoms. The van der Waals surface area contributed by atoms with Crippen molar-refractivity contribution in [3.05, 3.63) is 6.07 Å². The van der Waals surface area contributed by atoms with Crippen LogP contribution in [0.2, 0.25) is 0 Å². The molecule has 2 aliphatic heterocycles. The van der Waals surface area contributed by atoms with Gasteiger partial charge in [0.1, 0.15) is 17.2 Å². The number of hydrogen-bond donors (Lipinski definition) is 3. The largest absolute Gasteiger partial charge is 0.368 e. The quantitative estimate of drug-likeness (QED) is 0.717. The molecule has 4 rings (SSSR count). The lowest BCUT2D eigenvalue weighted by molar-refractivity contribution is -0.132. The average Bonchev–Trinajstić information content (AvgIpc) is 3.46. The van der Waals surface area contributed by atoms with Crippen LogP contribution in [0.3, 0.4) is 0 Å². The summed E-state index contributed by atoms with van der Waals surface area (Å²) in [4.78, 5) is 25.6. The van der Waals surface area contributed by atoms with Gasteiger partial charge < -0.3 is 21.7 Å². The van der Waals surface area contributed by atoms with Crippen LogP contribution in [0, 0.1) is 0 Å². The Morgan fingerprint density at radius 3 is 2.42 bits per heavy atom. The van der Waals surface area contributed by atoms with Gasteiger partial charge in [-0.1, -0.05) is 6.42 Å². The number of amides is 1. The Bertz CT molecular complexity index is 662. The summed E-state index contributed by atoms with van der Waals surface area (Å²) in [6, 6.07) is 2.48. The number of carbonyl (C=O) groups is 1. The van der Waals surface area contributed by atoms with Gasteiger partial charge in [-0.3, -0.25) is 9.69 Å². The van der Waals surface area contributed by atoms with Crippen molar-refractivity contribution in [2.24, 2.45) is 5.73 Å². The number of nitrogens with one attached hydrogen (secondary N) is 1. The van der Waals surface area contributed by atoms with Gasteiger partial charge in [-0.05, 0) is 51.6 Å². The van der Waals surface area contributed by atoms with E-state index in [0.717, 1.165) is 63.5 Å². The maximum Gasteiger partial charge on any atom is 0.238 e. The van der Waals surface area contributed by atoms with E-state index in [-0.39, 0.29) is 11.9 Å². The summed E-state index contributed by atoms with van der Waals surface area (Å²) in [5, 5.41) is 3.38. The number of nitrogen functional groups attached to an aromatic ring is 1. The molecule has 3 heterocycles. The first kappa shape index (κ1) is 17.3. The summed E-state index contributed by atoms with van der Waals surface area (Å²) in [7, 11) is 0. The molecule has 1 amide bonds. The van der Waals surface area contributed by atoms with Crippen LogP contribution in [0.25, 0.3) is 0 Å². The van der Waals surface area contributed by atoms with Gasteiger partial charge in [0, 0.05) is 25.2 Å². The van der Waals surface area contributed by atoms with Crippen LogP contribution in [0.5, 0.6) is 0 Å². The van der Waals surface area contributed by atoms with Gasteiger partial charge in [-0.25, -0.2) is 0 Å². The Morgan fingerprint density at radius 2 is 1.81 bits per heavy atom. The molecule has 0 bridgehead atoms. The number of likely N-dealkylation sites (tertiary alicyclic amines) is 1. The number of piperidine rings is 2. The van der Waals surface area contributed by atoms with Crippen molar-refractivity contribution in [1.29, 1.82) is 0 Å². The van der Waals surface area contributed by atoms with Crippen LogP contribution >= 0.6 is 0 Å². The number of hydrogen-bond acceptors (Lipinski definition) is 7. The number of aromatic nitrogens is 2. The van der Waals surface area contributed by atoms with Crippen LogP contribution in [-0.4, -0.2) is 58.5 Å². The Labute approximate surface area is 154 Å².